The lowest BCUT2D eigenvalue weighted by Crippen LogP contribution is -2.48. The van der Waals surface area contributed by atoms with Gasteiger partial charge in [-0.15, -0.1) is 0 Å². The second kappa shape index (κ2) is 9.17. The summed E-state index contributed by atoms with van der Waals surface area (Å²) in [5, 5.41) is 0. The highest BCUT2D eigenvalue weighted by Crippen LogP contribution is 2.45. The van der Waals surface area contributed by atoms with Crippen LogP contribution in [0.1, 0.15) is 43.6 Å². The van der Waals surface area contributed by atoms with Gasteiger partial charge in [0.25, 0.3) is 0 Å². The number of nitrogens with zero attached hydrogens (tertiary/aromatic N) is 4. The molecule has 1 unspecified atom stereocenters. The Morgan fingerprint density at radius 2 is 1.85 bits per heavy atom. The lowest BCUT2D eigenvalue weighted by molar-refractivity contribution is -0.129. The molecule has 172 valence electrons. The van der Waals surface area contributed by atoms with Gasteiger partial charge in [-0.2, -0.15) is 0 Å². The first-order valence-electron chi connectivity index (χ1n) is 11.3. The van der Waals surface area contributed by atoms with Crippen LogP contribution in [0, 0.1) is 6.92 Å². The van der Waals surface area contributed by atoms with Crippen molar-refractivity contribution in [1.82, 2.24) is 14.9 Å². The normalized spacial score (nSPS) is 20.8. The van der Waals surface area contributed by atoms with Crippen molar-refractivity contribution in [2.24, 2.45) is 5.73 Å². The molecule has 1 fully saturated rings. The van der Waals surface area contributed by atoms with E-state index in [0.29, 0.717) is 6.42 Å². The Bertz CT molecular complexity index is 1110. The third-order valence-corrected chi connectivity index (χ3v) is 6.67. The number of aryl methyl sites for hydroxylation is 1. The molecule has 0 spiro atoms. The van der Waals surface area contributed by atoms with Crippen molar-refractivity contribution in [3.63, 3.8) is 0 Å². The van der Waals surface area contributed by atoms with Gasteiger partial charge < -0.3 is 15.5 Å². The van der Waals surface area contributed by atoms with Crippen molar-refractivity contribution in [1.29, 1.82) is 0 Å². The van der Waals surface area contributed by atoms with Crippen molar-refractivity contribution in [2.75, 3.05) is 31.1 Å². The molecule has 7 heteroatoms. The molecule has 2 aromatic heterocycles. The third-order valence-electron chi connectivity index (χ3n) is 6.67. The Morgan fingerprint density at radius 1 is 1.09 bits per heavy atom. The number of allylic oxidation sites excluding steroid dienone is 3. The molecule has 1 aliphatic carbocycles. The second-order valence-electron chi connectivity index (χ2n) is 9.14. The van der Waals surface area contributed by atoms with Crippen molar-refractivity contribution < 1.29 is 9.59 Å². The monoisotopic (exact) mass is 445 g/mol. The first-order chi connectivity index (χ1) is 15.8. The zero-order valence-corrected chi connectivity index (χ0v) is 19.5. The van der Waals surface area contributed by atoms with Gasteiger partial charge in [0.2, 0.25) is 11.8 Å². The predicted octanol–water partition coefficient (Wildman–Crippen LogP) is 3.00. The topological polar surface area (TPSA) is 92.4 Å². The van der Waals surface area contributed by atoms with Gasteiger partial charge in [0.15, 0.2) is 0 Å². The summed E-state index contributed by atoms with van der Waals surface area (Å²) in [6.45, 7) is 8.82. The lowest BCUT2D eigenvalue weighted by atomic mass is 9.68. The van der Waals surface area contributed by atoms with Crippen LogP contribution in [0.15, 0.2) is 54.4 Å². The quantitative estimate of drug-likeness (QED) is 0.764. The van der Waals surface area contributed by atoms with Crippen LogP contribution in [0.2, 0.25) is 0 Å². The Hall–Kier alpha value is -3.48. The summed E-state index contributed by atoms with van der Waals surface area (Å²) in [5.41, 5.74) is 11.3. The summed E-state index contributed by atoms with van der Waals surface area (Å²) >= 11 is 0. The minimum Gasteiger partial charge on any atom is -0.369 e. The second-order valence-corrected chi connectivity index (χ2v) is 9.14. The maximum Gasteiger partial charge on any atom is 0.221 e. The molecule has 0 saturated carbocycles. The molecule has 1 saturated heterocycles. The molecule has 2 amide bonds. The van der Waals surface area contributed by atoms with Crippen LogP contribution in [0.25, 0.3) is 5.57 Å². The van der Waals surface area contributed by atoms with E-state index in [9.17, 15) is 9.59 Å². The van der Waals surface area contributed by atoms with E-state index in [1.807, 2.05) is 36.4 Å². The fourth-order valence-electron chi connectivity index (χ4n) is 4.87. The number of carbonyl (C=O) groups is 2. The zero-order chi connectivity index (χ0) is 23.6. The summed E-state index contributed by atoms with van der Waals surface area (Å²) in [5.74, 6) is -0.202. The van der Waals surface area contributed by atoms with Gasteiger partial charge in [-0.25, -0.2) is 0 Å². The summed E-state index contributed by atoms with van der Waals surface area (Å²) in [6, 6.07) is 8.30. The van der Waals surface area contributed by atoms with E-state index in [-0.39, 0.29) is 18.2 Å². The standard InChI is InChI=1S/C26H31N5O2/c1-18-14-21(8-9-28-18)23-6-4-20(15-25(27)33)16-26(23,3)24-7-5-22(17-29-24)31-12-10-30(11-13-31)19(2)32/h4-9,14,17H,10-13,15-16H2,1-3H3,(H2,27,33). The van der Waals surface area contributed by atoms with Gasteiger partial charge in [-0.05, 0) is 55.7 Å². The van der Waals surface area contributed by atoms with Crippen molar-refractivity contribution in [2.45, 2.75) is 39.0 Å². The zero-order valence-electron chi connectivity index (χ0n) is 19.5. The largest absolute Gasteiger partial charge is 0.369 e. The van der Waals surface area contributed by atoms with Crippen LogP contribution in [-0.4, -0.2) is 52.9 Å². The molecule has 2 aromatic rings. The molecule has 3 heterocycles. The van der Waals surface area contributed by atoms with E-state index in [1.165, 1.54) is 0 Å². The smallest absolute Gasteiger partial charge is 0.221 e. The summed E-state index contributed by atoms with van der Waals surface area (Å²) < 4.78 is 0. The molecule has 1 aliphatic heterocycles. The van der Waals surface area contributed by atoms with Gasteiger partial charge in [-0.1, -0.05) is 17.7 Å². The Labute approximate surface area is 195 Å². The molecule has 1 atom stereocenters. The highest BCUT2D eigenvalue weighted by Gasteiger charge is 2.36. The van der Waals surface area contributed by atoms with Gasteiger partial charge in [0, 0.05) is 56.8 Å². The highest BCUT2D eigenvalue weighted by atomic mass is 16.2. The summed E-state index contributed by atoms with van der Waals surface area (Å²) in [4.78, 5) is 36.6. The van der Waals surface area contributed by atoms with Crippen LogP contribution >= 0.6 is 0 Å². The first kappa shape index (κ1) is 22.7. The fourth-order valence-corrected chi connectivity index (χ4v) is 4.87. The lowest BCUT2D eigenvalue weighted by Gasteiger charge is -2.37. The van der Waals surface area contributed by atoms with Gasteiger partial charge >= 0.3 is 0 Å². The van der Waals surface area contributed by atoms with E-state index in [2.05, 4.69) is 41.1 Å². The number of hydrogen-bond acceptors (Lipinski definition) is 5. The molecular formula is C26H31N5O2. The molecule has 0 bridgehead atoms. The molecular weight excluding hydrogens is 414 g/mol. The minimum atomic E-state index is -0.404. The number of piperazine rings is 1. The molecule has 4 rings (SSSR count). The molecule has 0 radical (unpaired) electrons. The van der Waals surface area contributed by atoms with Crippen LogP contribution in [0.4, 0.5) is 5.69 Å². The number of hydrogen-bond donors (Lipinski definition) is 1. The number of amides is 2. The van der Waals surface area contributed by atoms with Crippen LogP contribution in [0.5, 0.6) is 0 Å². The van der Waals surface area contributed by atoms with Crippen molar-refractivity contribution in [3.8, 4) is 0 Å². The predicted molar refractivity (Wildman–Crippen MR) is 130 cm³/mol. The van der Waals surface area contributed by atoms with E-state index in [1.54, 1.807) is 6.92 Å². The van der Waals surface area contributed by atoms with Gasteiger partial charge in [0.1, 0.15) is 0 Å². The maximum absolute atomic E-state index is 11.6. The van der Waals surface area contributed by atoms with Crippen molar-refractivity contribution >= 4 is 23.1 Å². The Kier molecular flexibility index (Phi) is 6.31. The first-order valence-corrected chi connectivity index (χ1v) is 11.3. The third kappa shape index (κ3) is 4.82. The molecule has 2 N–H and O–H groups in total. The number of rotatable bonds is 5. The SMILES string of the molecule is CC(=O)N1CCN(c2ccc(C3(C)CC(CC(N)=O)=CC=C3c3ccnc(C)c3)nc2)CC1. The molecule has 33 heavy (non-hydrogen) atoms. The fraction of sp³-hybridized carbons (Fsp3) is 0.385. The average Bonchev–Trinajstić information content (AvgIpc) is 2.79. The van der Waals surface area contributed by atoms with Gasteiger partial charge in [-0.3, -0.25) is 19.6 Å². The van der Waals surface area contributed by atoms with E-state index >= 15 is 0 Å². The van der Waals surface area contributed by atoms with E-state index < -0.39 is 5.41 Å². The Balaban J connectivity index is 1.63. The van der Waals surface area contributed by atoms with E-state index in [4.69, 9.17) is 10.7 Å². The minimum absolute atomic E-state index is 0.124. The summed E-state index contributed by atoms with van der Waals surface area (Å²) in [7, 11) is 0. The van der Waals surface area contributed by atoms with Crippen LogP contribution < -0.4 is 10.6 Å². The number of carbonyl (C=O) groups excluding carboxylic acids is 2. The average molecular weight is 446 g/mol. The Morgan fingerprint density at radius 3 is 2.45 bits per heavy atom. The molecule has 0 aromatic carbocycles. The highest BCUT2D eigenvalue weighted by molar-refractivity contribution is 5.81. The van der Waals surface area contributed by atoms with Crippen LogP contribution in [0.3, 0.4) is 0 Å². The number of anilines is 1. The molecule has 7 nitrogen and oxygen atoms in total. The molecule has 2 aliphatic rings. The number of primary amides is 1. The summed E-state index contributed by atoms with van der Waals surface area (Å²) in [6.07, 6.45) is 8.77. The van der Waals surface area contributed by atoms with Crippen molar-refractivity contribution in [3.05, 3.63) is 71.3 Å². The van der Waals surface area contributed by atoms with Crippen LogP contribution in [-0.2, 0) is 15.0 Å². The maximum atomic E-state index is 11.6. The number of nitrogens with two attached hydrogens (primary N) is 1. The van der Waals surface area contributed by atoms with Gasteiger partial charge in [0.05, 0.1) is 17.6 Å². The number of pyridine rings is 2. The van der Waals surface area contributed by atoms with E-state index in [0.717, 1.165) is 60.0 Å². The number of aromatic nitrogens is 2.